The van der Waals surface area contributed by atoms with Crippen molar-refractivity contribution >= 4 is 17.2 Å². The summed E-state index contributed by atoms with van der Waals surface area (Å²) in [7, 11) is 0. The van der Waals surface area contributed by atoms with Gasteiger partial charge >= 0.3 is 0 Å². The Bertz CT molecular complexity index is 396. The minimum Gasteiger partial charge on any atom is -0.349 e. The van der Waals surface area contributed by atoms with Gasteiger partial charge in [0, 0.05) is 12.6 Å². The van der Waals surface area contributed by atoms with Crippen LogP contribution in [0.2, 0.25) is 0 Å². The van der Waals surface area contributed by atoms with Crippen LogP contribution in [0.25, 0.3) is 0 Å². The zero-order chi connectivity index (χ0) is 12.3. The molecule has 1 saturated carbocycles. The van der Waals surface area contributed by atoms with Crippen molar-refractivity contribution in [2.24, 2.45) is 5.73 Å². The van der Waals surface area contributed by atoms with Gasteiger partial charge in [-0.1, -0.05) is 19.3 Å². The Kier molecular flexibility index (Phi) is 4.12. The van der Waals surface area contributed by atoms with Crippen molar-refractivity contribution in [3.8, 4) is 0 Å². The third kappa shape index (κ3) is 3.04. The van der Waals surface area contributed by atoms with E-state index in [-0.39, 0.29) is 5.91 Å². The lowest BCUT2D eigenvalue weighted by molar-refractivity contribution is 0.0931. The molecule has 0 spiro atoms. The number of rotatable bonds is 3. The molecule has 4 nitrogen and oxygen atoms in total. The minimum atomic E-state index is 0.0200. The summed E-state index contributed by atoms with van der Waals surface area (Å²) in [4.78, 5) is 17.1. The van der Waals surface area contributed by atoms with Crippen molar-refractivity contribution in [2.75, 3.05) is 0 Å². The number of carbonyl (C=O) groups is 1. The third-order valence-corrected chi connectivity index (χ3v) is 4.34. The van der Waals surface area contributed by atoms with Crippen molar-refractivity contribution < 1.29 is 4.79 Å². The van der Waals surface area contributed by atoms with Crippen LogP contribution >= 0.6 is 11.3 Å². The molecular weight excluding hydrogens is 234 g/mol. The maximum atomic E-state index is 12.1. The van der Waals surface area contributed by atoms with Gasteiger partial charge in [-0.3, -0.25) is 4.79 Å². The van der Waals surface area contributed by atoms with Gasteiger partial charge in [0.15, 0.2) is 0 Å². The van der Waals surface area contributed by atoms with Crippen molar-refractivity contribution in [1.29, 1.82) is 0 Å². The molecule has 1 aliphatic carbocycles. The second-order valence-electron chi connectivity index (χ2n) is 4.53. The fourth-order valence-corrected chi connectivity index (χ4v) is 3.09. The Morgan fingerprint density at radius 1 is 1.47 bits per heavy atom. The van der Waals surface area contributed by atoms with Crippen LogP contribution in [0.1, 0.15) is 52.5 Å². The molecular formula is C12H19N3OS. The molecule has 1 aliphatic rings. The number of nitrogens with one attached hydrogen (secondary N) is 1. The summed E-state index contributed by atoms with van der Waals surface area (Å²) in [6.45, 7) is 2.27. The lowest BCUT2D eigenvalue weighted by atomic mass is 9.95. The summed E-state index contributed by atoms with van der Waals surface area (Å²) in [5.74, 6) is 0.0200. The summed E-state index contributed by atoms with van der Waals surface area (Å²) >= 11 is 1.41. The summed E-state index contributed by atoms with van der Waals surface area (Å²) in [5, 5.41) is 3.93. The fraction of sp³-hybridized carbons (Fsp3) is 0.667. The second kappa shape index (κ2) is 5.60. The lowest BCUT2D eigenvalue weighted by Gasteiger charge is -2.22. The highest BCUT2D eigenvalue weighted by molar-refractivity contribution is 7.13. The molecule has 0 saturated heterocycles. The van der Waals surface area contributed by atoms with Crippen LogP contribution < -0.4 is 11.1 Å². The Hall–Kier alpha value is -0.940. The number of carbonyl (C=O) groups excluding carboxylic acids is 1. The van der Waals surface area contributed by atoms with Crippen molar-refractivity contribution in [1.82, 2.24) is 10.3 Å². The zero-order valence-electron chi connectivity index (χ0n) is 10.2. The first-order valence-electron chi connectivity index (χ1n) is 6.18. The Morgan fingerprint density at radius 3 is 2.76 bits per heavy atom. The smallest absolute Gasteiger partial charge is 0.263 e. The number of thiazole rings is 1. The van der Waals surface area contributed by atoms with Crippen LogP contribution in [-0.2, 0) is 6.54 Å². The van der Waals surface area contributed by atoms with Crippen LogP contribution in [0.15, 0.2) is 0 Å². The van der Waals surface area contributed by atoms with E-state index >= 15 is 0 Å². The van der Waals surface area contributed by atoms with Gasteiger partial charge in [0.05, 0.1) is 5.69 Å². The lowest BCUT2D eigenvalue weighted by Crippen LogP contribution is -2.36. The van der Waals surface area contributed by atoms with Crippen LogP contribution in [0, 0.1) is 6.92 Å². The van der Waals surface area contributed by atoms with Gasteiger partial charge in [-0.15, -0.1) is 11.3 Å². The summed E-state index contributed by atoms with van der Waals surface area (Å²) in [6, 6.07) is 0.346. The zero-order valence-corrected chi connectivity index (χ0v) is 11.0. The highest BCUT2D eigenvalue weighted by atomic mass is 32.1. The predicted molar refractivity (Wildman–Crippen MR) is 69.1 cm³/mol. The molecule has 1 fully saturated rings. The van der Waals surface area contributed by atoms with E-state index < -0.39 is 0 Å². The van der Waals surface area contributed by atoms with Gasteiger partial charge in [-0.2, -0.15) is 0 Å². The molecule has 3 N–H and O–H groups in total. The highest BCUT2D eigenvalue weighted by Crippen LogP contribution is 2.21. The molecule has 5 heteroatoms. The molecule has 1 aromatic rings. The Balaban J connectivity index is 2.00. The topological polar surface area (TPSA) is 68.0 Å². The maximum absolute atomic E-state index is 12.1. The number of amides is 1. The van der Waals surface area contributed by atoms with E-state index in [0.29, 0.717) is 12.6 Å². The first-order chi connectivity index (χ1) is 8.20. The van der Waals surface area contributed by atoms with Gasteiger partial charge in [0.1, 0.15) is 9.88 Å². The number of hydrogen-bond donors (Lipinski definition) is 2. The van der Waals surface area contributed by atoms with E-state index in [1.54, 1.807) is 0 Å². The van der Waals surface area contributed by atoms with E-state index in [4.69, 9.17) is 5.73 Å². The number of nitrogens with two attached hydrogens (primary N) is 1. The SMILES string of the molecule is Cc1nc(CN)sc1C(=O)NC1CCCCC1. The average Bonchev–Trinajstić information content (AvgIpc) is 2.72. The molecule has 0 unspecified atom stereocenters. The standard InChI is InChI=1S/C12H19N3OS/c1-8-11(17-10(7-13)14-8)12(16)15-9-5-3-2-4-6-9/h9H,2-7,13H2,1H3,(H,15,16). The first kappa shape index (κ1) is 12.5. The molecule has 0 atom stereocenters. The van der Waals surface area contributed by atoms with Gasteiger partial charge in [-0.25, -0.2) is 4.98 Å². The minimum absolute atomic E-state index is 0.0200. The van der Waals surface area contributed by atoms with Crippen LogP contribution in [-0.4, -0.2) is 16.9 Å². The number of nitrogens with zero attached hydrogens (tertiary/aromatic N) is 1. The van der Waals surface area contributed by atoms with E-state index in [9.17, 15) is 4.79 Å². The number of aromatic nitrogens is 1. The van der Waals surface area contributed by atoms with E-state index in [1.165, 1.54) is 30.6 Å². The molecule has 1 amide bonds. The van der Waals surface area contributed by atoms with Gasteiger partial charge < -0.3 is 11.1 Å². The summed E-state index contributed by atoms with van der Waals surface area (Å²) in [6.07, 6.45) is 5.95. The normalized spacial score (nSPS) is 17.1. The third-order valence-electron chi connectivity index (χ3n) is 3.16. The fourth-order valence-electron chi connectivity index (χ4n) is 2.25. The monoisotopic (exact) mass is 253 g/mol. The van der Waals surface area contributed by atoms with Gasteiger partial charge in [0.2, 0.25) is 0 Å². The summed E-state index contributed by atoms with van der Waals surface area (Å²) < 4.78 is 0. The van der Waals surface area contributed by atoms with E-state index in [1.807, 2.05) is 6.92 Å². The highest BCUT2D eigenvalue weighted by Gasteiger charge is 2.20. The van der Waals surface area contributed by atoms with Gasteiger partial charge in [-0.05, 0) is 19.8 Å². The molecule has 17 heavy (non-hydrogen) atoms. The molecule has 0 bridgehead atoms. The Labute approximate surface area is 106 Å². The first-order valence-corrected chi connectivity index (χ1v) is 6.99. The molecule has 2 rings (SSSR count). The van der Waals surface area contributed by atoms with E-state index in [2.05, 4.69) is 10.3 Å². The predicted octanol–water partition coefficient (Wildman–Crippen LogP) is 1.97. The Morgan fingerprint density at radius 2 is 2.18 bits per heavy atom. The summed E-state index contributed by atoms with van der Waals surface area (Å²) in [5.41, 5.74) is 6.33. The molecule has 1 heterocycles. The van der Waals surface area contributed by atoms with Crippen LogP contribution in [0.3, 0.4) is 0 Å². The molecule has 0 aromatic carbocycles. The number of aryl methyl sites for hydroxylation is 1. The quantitative estimate of drug-likeness (QED) is 0.865. The molecule has 1 aromatic heterocycles. The van der Waals surface area contributed by atoms with Crippen LogP contribution in [0.5, 0.6) is 0 Å². The molecule has 94 valence electrons. The van der Waals surface area contributed by atoms with Crippen molar-refractivity contribution in [3.05, 3.63) is 15.6 Å². The maximum Gasteiger partial charge on any atom is 0.263 e. The van der Waals surface area contributed by atoms with Gasteiger partial charge in [0.25, 0.3) is 5.91 Å². The largest absolute Gasteiger partial charge is 0.349 e. The van der Waals surface area contributed by atoms with Crippen LogP contribution in [0.4, 0.5) is 0 Å². The van der Waals surface area contributed by atoms with E-state index in [0.717, 1.165) is 28.4 Å². The second-order valence-corrected chi connectivity index (χ2v) is 5.62. The average molecular weight is 253 g/mol. The molecule has 0 radical (unpaired) electrons. The van der Waals surface area contributed by atoms with Crippen molar-refractivity contribution in [2.45, 2.75) is 51.6 Å². The van der Waals surface area contributed by atoms with Crippen molar-refractivity contribution in [3.63, 3.8) is 0 Å². The number of hydrogen-bond acceptors (Lipinski definition) is 4. The molecule has 0 aliphatic heterocycles.